The van der Waals surface area contributed by atoms with E-state index < -0.39 is 10.0 Å². The Morgan fingerprint density at radius 1 is 1.53 bits per heavy atom. The van der Waals surface area contributed by atoms with Gasteiger partial charge in [0.15, 0.2) is 5.03 Å². The molecule has 0 amide bonds. The van der Waals surface area contributed by atoms with Crippen LogP contribution in [0.5, 0.6) is 0 Å². The molecule has 1 aromatic heterocycles. The molecule has 0 atom stereocenters. The highest BCUT2D eigenvalue weighted by Crippen LogP contribution is 2.32. The van der Waals surface area contributed by atoms with E-state index in [0.717, 1.165) is 6.42 Å². The molecule has 5 nitrogen and oxygen atoms in total. The highest BCUT2D eigenvalue weighted by atomic mass is 32.2. The van der Waals surface area contributed by atoms with Crippen molar-refractivity contribution in [2.24, 2.45) is 5.41 Å². The van der Waals surface area contributed by atoms with Crippen molar-refractivity contribution >= 4 is 10.0 Å². The average Bonchev–Trinajstić information content (AvgIpc) is 2.72. The Hall–Kier alpha value is -0.880. The molecule has 1 saturated heterocycles. The minimum Gasteiger partial charge on any atom is -0.266 e. The zero-order valence-corrected chi connectivity index (χ0v) is 9.71. The Bertz CT molecular complexity index is 436. The number of aromatic amines is 1. The first-order chi connectivity index (χ1) is 6.92. The normalized spacial score (nSPS) is 22.0. The zero-order valence-electron chi connectivity index (χ0n) is 8.90. The van der Waals surface area contributed by atoms with Crippen molar-refractivity contribution in [2.45, 2.75) is 25.3 Å². The smallest absolute Gasteiger partial charge is 0.259 e. The van der Waals surface area contributed by atoms with Crippen LogP contribution in [0.1, 0.15) is 20.3 Å². The van der Waals surface area contributed by atoms with Crippen LogP contribution < -0.4 is 0 Å². The van der Waals surface area contributed by atoms with E-state index in [-0.39, 0.29) is 10.4 Å². The molecule has 1 N–H and O–H groups in total. The lowest BCUT2D eigenvalue weighted by atomic mass is 9.93. The average molecular weight is 229 g/mol. The molecule has 15 heavy (non-hydrogen) atoms. The fourth-order valence-corrected chi connectivity index (χ4v) is 3.32. The molecule has 2 rings (SSSR count). The minimum atomic E-state index is -3.35. The molecule has 1 aliphatic heterocycles. The number of aromatic nitrogens is 2. The van der Waals surface area contributed by atoms with Crippen molar-refractivity contribution < 1.29 is 8.42 Å². The van der Waals surface area contributed by atoms with Crippen LogP contribution in [0.25, 0.3) is 0 Å². The summed E-state index contributed by atoms with van der Waals surface area (Å²) in [5.74, 6) is 0. The van der Waals surface area contributed by atoms with Crippen LogP contribution >= 0.6 is 0 Å². The molecule has 1 aliphatic rings. The van der Waals surface area contributed by atoms with Crippen LogP contribution in [-0.2, 0) is 10.0 Å². The molecule has 0 unspecified atom stereocenters. The van der Waals surface area contributed by atoms with E-state index in [1.54, 1.807) is 0 Å². The lowest BCUT2D eigenvalue weighted by Crippen LogP contribution is -2.30. The van der Waals surface area contributed by atoms with E-state index in [4.69, 9.17) is 0 Å². The van der Waals surface area contributed by atoms with E-state index in [9.17, 15) is 8.42 Å². The topological polar surface area (TPSA) is 66.1 Å². The van der Waals surface area contributed by atoms with Gasteiger partial charge in [0.25, 0.3) is 10.0 Å². The highest BCUT2D eigenvalue weighted by molar-refractivity contribution is 7.89. The SMILES string of the molecule is CC1(C)CCN(S(=O)(=O)c2ccn[nH]2)C1. The number of sulfonamides is 1. The van der Waals surface area contributed by atoms with Crippen molar-refractivity contribution in [1.29, 1.82) is 0 Å². The van der Waals surface area contributed by atoms with Crippen molar-refractivity contribution in [3.8, 4) is 0 Å². The maximum atomic E-state index is 12.0. The van der Waals surface area contributed by atoms with E-state index in [0.29, 0.717) is 13.1 Å². The van der Waals surface area contributed by atoms with Crippen molar-refractivity contribution in [1.82, 2.24) is 14.5 Å². The molecule has 0 radical (unpaired) electrons. The molecular formula is C9H15N3O2S. The second-order valence-electron chi connectivity index (χ2n) is 4.67. The zero-order chi connectivity index (χ0) is 11.1. The van der Waals surface area contributed by atoms with Crippen molar-refractivity contribution in [3.05, 3.63) is 12.3 Å². The van der Waals surface area contributed by atoms with Crippen LogP contribution in [-0.4, -0.2) is 36.0 Å². The predicted molar refractivity (Wildman–Crippen MR) is 55.7 cm³/mol. The van der Waals surface area contributed by atoms with Gasteiger partial charge < -0.3 is 0 Å². The Balaban J connectivity index is 2.26. The highest BCUT2D eigenvalue weighted by Gasteiger charge is 2.37. The van der Waals surface area contributed by atoms with Gasteiger partial charge in [-0.3, -0.25) is 5.10 Å². The fraction of sp³-hybridized carbons (Fsp3) is 0.667. The third-order valence-electron chi connectivity index (χ3n) is 2.74. The molecule has 0 aromatic carbocycles. The van der Waals surface area contributed by atoms with Crippen LogP contribution in [0, 0.1) is 5.41 Å². The third-order valence-corrected chi connectivity index (χ3v) is 4.51. The van der Waals surface area contributed by atoms with Gasteiger partial charge in [-0.2, -0.15) is 9.40 Å². The second kappa shape index (κ2) is 3.31. The van der Waals surface area contributed by atoms with Gasteiger partial charge in [0.2, 0.25) is 0 Å². The summed E-state index contributed by atoms with van der Waals surface area (Å²) < 4.78 is 25.6. The molecule has 1 aromatic rings. The molecule has 84 valence electrons. The number of rotatable bonds is 2. The van der Waals surface area contributed by atoms with Crippen LogP contribution in [0.15, 0.2) is 17.3 Å². The van der Waals surface area contributed by atoms with Gasteiger partial charge in [-0.1, -0.05) is 13.8 Å². The number of nitrogens with one attached hydrogen (secondary N) is 1. The number of nitrogens with zero attached hydrogens (tertiary/aromatic N) is 2. The Labute approximate surface area is 89.5 Å². The summed E-state index contributed by atoms with van der Waals surface area (Å²) in [7, 11) is -3.35. The predicted octanol–water partition coefficient (Wildman–Crippen LogP) is 0.830. The summed E-state index contributed by atoms with van der Waals surface area (Å²) in [4.78, 5) is 0. The van der Waals surface area contributed by atoms with Gasteiger partial charge in [-0.25, -0.2) is 8.42 Å². The lowest BCUT2D eigenvalue weighted by Gasteiger charge is -2.18. The molecule has 1 fully saturated rings. The Kier molecular flexibility index (Phi) is 2.35. The molecular weight excluding hydrogens is 214 g/mol. The van der Waals surface area contributed by atoms with Crippen LogP contribution in [0.2, 0.25) is 0 Å². The van der Waals surface area contributed by atoms with E-state index in [1.807, 2.05) is 0 Å². The first kappa shape index (κ1) is 10.6. The number of H-pyrrole nitrogens is 1. The molecule has 0 spiro atoms. The Morgan fingerprint density at radius 3 is 2.73 bits per heavy atom. The Morgan fingerprint density at radius 2 is 2.27 bits per heavy atom. The van der Waals surface area contributed by atoms with Gasteiger partial charge >= 0.3 is 0 Å². The maximum absolute atomic E-state index is 12.0. The number of hydrogen-bond acceptors (Lipinski definition) is 3. The van der Waals surface area contributed by atoms with Gasteiger partial charge in [0.05, 0.1) is 6.20 Å². The van der Waals surface area contributed by atoms with Gasteiger partial charge in [-0.05, 0) is 17.9 Å². The maximum Gasteiger partial charge on any atom is 0.259 e. The summed E-state index contributed by atoms with van der Waals surface area (Å²) in [6, 6.07) is 1.49. The molecule has 0 bridgehead atoms. The van der Waals surface area contributed by atoms with Gasteiger partial charge in [0, 0.05) is 13.1 Å². The standard InChI is InChI=1S/C9H15N3O2S/c1-9(2)4-6-12(7-9)15(13,14)8-3-5-10-11-8/h3,5H,4,6-7H2,1-2H3,(H,10,11). The third kappa shape index (κ3) is 1.91. The summed E-state index contributed by atoms with van der Waals surface area (Å²) in [6.45, 7) is 5.33. The molecule has 0 saturated carbocycles. The summed E-state index contributed by atoms with van der Waals surface area (Å²) in [5.41, 5.74) is 0.0765. The molecule has 0 aliphatic carbocycles. The minimum absolute atomic E-state index is 0.0765. The summed E-state index contributed by atoms with van der Waals surface area (Å²) in [5, 5.41) is 6.35. The van der Waals surface area contributed by atoms with Crippen molar-refractivity contribution in [3.63, 3.8) is 0 Å². The first-order valence-electron chi connectivity index (χ1n) is 4.91. The monoisotopic (exact) mass is 229 g/mol. The second-order valence-corrected chi connectivity index (χ2v) is 6.58. The lowest BCUT2D eigenvalue weighted by molar-refractivity contribution is 0.375. The summed E-state index contributed by atoms with van der Waals surface area (Å²) in [6.07, 6.45) is 2.36. The molecule has 2 heterocycles. The largest absolute Gasteiger partial charge is 0.266 e. The van der Waals surface area contributed by atoms with Crippen LogP contribution in [0.3, 0.4) is 0 Å². The van der Waals surface area contributed by atoms with E-state index in [1.165, 1.54) is 16.6 Å². The first-order valence-corrected chi connectivity index (χ1v) is 6.35. The quantitative estimate of drug-likeness (QED) is 0.817. The van der Waals surface area contributed by atoms with Crippen molar-refractivity contribution in [2.75, 3.05) is 13.1 Å². The van der Waals surface area contributed by atoms with Gasteiger partial charge in [0.1, 0.15) is 0 Å². The number of hydrogen-bond donors (Lipinski definition) is 1. The molecule has 6 heteroatoms. The van der Waals surface area contributed by atoms with E-state index >= 15 is 0 Å². The van der Waals surface area contributed by atoms with Crippen LogP contribution in [0.4, 0.5) is 0 Å². The van der Waals surface area contributed by atoms with E-state index in [2.05, 4.69) is 24.0 Å². The summed E-state index contributed by atoms with van der Waals surface area (Å²) >= 11 is 0. The fourth-order valence-electron chi connectivity index (χ4n) is 1.79. The van der Waals surface area contributed by atoms with Gasteiger partial charge in [-0.15, -0.1) is 0 Å².